The van der Waals surface area contributed by atoms with Crippen molar-refractivity contribution in [1.29, 1.82) is 0 Å². The molecule has 0 amide bonds. The zero-order chi connectivity index (χ0) is 10.3. The molecule has 2 unspecified atom stereocenters. The van der Waals surface area contributed by atoms with Gasteiger partial charge in [-0.1, -0.05) is 30.3 Å². The topological polar surface area (TPSA) is 15.3 Å². The third-order valence-corrected chi connectivity index (χ3v) is 4.04. The van der Waals surface area contributed by atoms with Crippen molar-refractivity contribution in [3.63, 3.8) is 0 Å². The van der Waals surface area contributed by atoms with E-state index in [4.69, 9.17) is 0 Å². The number of piperidine rings is 1. The number of likely N-dealkylation sites (N-methyl/N-ethyl adjacent to an activating group) is 1. The lowest BCUT2D eigenvalue weighted by Gasteiger charge is -2.26. The van der Waals surface area contributed by atoms with E-state index in [-0.39, 0.29) is 0 Å². The SMILES string of the molecule is CN(Cc1ccccc1)C12CNCC1C2. The molecule has 1 saturated heterocycles. The van der Waals surface area contributed by atoms with Crippen molar-refractivity contribution >= 4 is 0 Å². The maximum atomic E-state index is 3.49. The van der Waals surface area contributed by atoms with Crippen LogP contribution in [0.4, 0.5) is 0 Å². The molecule has 2 aliphatic rings. The standard InChI is InChI=1S/C13H18N2/c1-15(9-11-5-3-2-4-6-11)13-7-12(13)8-14-10-13/h2-6,12,14H,7-10H2,1H3. The highest BCUT2D eigenvalue weighted by Crippen LogP contribution is 2.50. The minimum absolute atomic E-state index is 0.496. The summed E-state index contributed by atoms with van der Waals surface area (Å²) < 4.78 is 0. The molecule has 2 heteroatoms. The van der Waals surface area contributed by atoms with Gasteiger partial charge in [0.25, 0.3) is 0 Å². The molecule has 0 bridgehead atoms. The summed E-state index contributed by atoms with van der Waals surface area (Å²) >= 11 is 0. The van der Waals surface area contributed by atoms with Crippen molar-refractivity contribution in [2.45, 2.75) is 18.5 Å². The fourth-order valence-corrected chi connectivity index (χ4v) is 2.93. The smallest absolute Gasteiger partial charge is 0.0379 e. The van der Waals surface area contributed by atoms with Gasteiger partial charge < -0.3 is 5.32 Å². The number of nitrogens with one attached hydrogen (secondary N) is 1. The van der Waals surface area contributed by atoms with Crippen LogP contribution >= 0.6 is 0 Å². The average Bonchev–Trinajstić information content (AvgIpc) is 2.84. The van der Waals surface area contributed by atoms with E-state index in [2.05, 4.69) is 47.6 Å². The van der Waals surface area contributed by atoms with Crippen LogP contribution in [0.15, 0.2) is 30.3 Å². The third-order valence-electron chi connectivity index (χ3n) is 4.04. The van der Waals surface area contributed by atoms with Crippen LogP contribution in [0.5, 0.6) is 0 Å². The Morgan fingerprint density at radius 3 is 2.80 bits per heavy atom. The van der Waals surface area contributed by atoms with E-state index < -0.39 is 0 Å². The van der Waals surface area contributed by atoms with Gasteiger partial charge in [0.2, 0.25) is 0 Å². The second-order valence-electron chi connectivity index (χ2n) is 4.98. The van der Waals surface area contributed by atoms with Gasteiger partial charge in [-0.2, -0.15) is 0 Å². The normalized spacial score (nSPS) is 33.1. The van der Waals surface area contributed by atoms with Crippen LogP contribution in [0.2, 0.25) is 0 Å². The third kappa shape index (κ3) is 1.48. The first-order valence-electron chi connectivity index (χ1n) is 5.77. The zero-order valence-electron chi connectivity index (χ0n) is 9.24. The fourth-order valence-electron chi connectivity index (χ4n) is 2.93. The Morgan fingerprint density at radius 2 is 2.20 bits per heavy atom. The molecule has 80 valence electrons. The number of nitrogens with zero attached hydrogens (tertiary/aromatic N) is 1. The number of rotatable bonds is 3. The second-order valence-corrected chi connectivity index (χ2v) is 4.98. The molecule has 0 spiro atoms. The monoisotopic (exact) mass is 202 g/mol. The molecule has 2 fully saturated rings. The maximum Gasteiger partial charge on any atom is 0.0379 e. The Bertz CT molecular complexity index is 349. The lowest BCUT2D eigenvalue weighted by atomic mass is 10.1. The quantitative estimate of drug-likeness (QED) is 0.798. The summed E-state index contributed by atoms with van der Waals surface area (Å²) in [7, 11) is 2.26. The van der Waals surface area contributed by atoms with Crippen LogP contribution in [0.1, 0.15) is 12.0 Å². The molecule has 2 nitrogen and oxygen atoms in total. The molecule has 1 heterocycles. The molecular formula is C13H18N2. The first kappa shape index (κ1) is 9.37. The molecular weight excluding hydrogens is 184 g/mol. The van der Waals surface area contributed by atoms with Crippen molar-refractivity contribution in [2.75, 3.05) is 20.1 Å². The summed E-state index contributed by atoms with van der Waals surface area (Å²) in [5.41, 5.74) is 1.92. The van der Waals surface area contributed by atoms with Gasteiger partial charge in [-0.3, -0.25) is 4.90 Å². The van der Waals surface area contributed by atoms with Crippen molar-refractivity contribution in [3.8, 4) is 0 Å². The van der Waals surface area contributed by atoms with Gasteiger partial charge in [0, 0.05) is 18.6 Å². The van der Waals surface area contributed by atoms with Crippen LogP contribution in [-0.2, 0) is 6.54 Å². The summed E-state index contributed by atoms with van der Waals surface area (Å²) in [5, 5.41) is 3.49. The van der Waals surface area contributed by atoms with Gasteiger partial charge >= 0.3 is 0 Å². The number of hydrogen-bond donors (Lipinski definition) is 1. The Balaban J connectivity index is 1.69. The molecule has 0 radical (unpaired) electrons. The van der Waals surface area contributed by atoms with Crippen molar-refractivity contribution < 1.29 is 0 Å². The largest absolute Gasteiger partial charge is 0.315 e. The second kappa shape index (κ2) is 3.32. The van der Waals surface area contributed by atoms with Crippen LogP contribution < -0.4 is 5.32 Å². The molecule has 3 rings (SSSR count). The average molecular weight is 202 g/mol. The minimum Gasteiger partial charge on any atom is -0.315 e. The molecule has 15 heavy (non-hydrogen) atoms. The van der Waals surface area contributed by atoms with Gasteiger partial charge in [-0.05, 0) is 31.5 Å². The first-order valence-corrected chi connectivity index (χ1v) is 5.77. The zero-order valence-corrected chi connectivity index (χ0v) is 9.24. The van der Waals surface area contributed by atoms with Gasteiger partial charge in [0.15, 0.2) is 0 Å². The molecule has 1 aromatic carbocycles. The van der Waals surface area contributed by atoms with Crippen LogP contribution in [0, 0.1) is 5.92 Å². The van der Waals surface area contributed by atoms with Crippen LogP contribution in [-0.4, -0.2) is 30.6 Å². The van der Waals surface area contributed by atoms with Crippen molar-refractivity contribution in [3.05, 3.63) is 35.9 Å². The molecule has 1 N–H and O–H groups in total. The van der Waals surface area contributed by atoms with Crippen LogP contribution in [0.25, 0.3) is 0 Å². The van der Waals surface area contributed by atoms with Gasteiger partial charge in [-0.15, -0.1) is 0 Å². The predicted octanol–water partition coefficient (Wildman–Crippen LogP) is 1.48. The molecule has 0 aromatic heterocycles. The molecule has 2 atom stereocenters. The van der Waals surface area contributed by atoms with Gasteiger partial charge in [-0.25, -0.2) is 0 Å². The van der Waals surface area contributed by atoms with E-state index >= 15 is 0 Å². The van der Waals surface area contributed by atoms with Crippen molar-refractivity contribution in [1.82, 2.24) is 10.2 Å². The van der Waals surface area contributed by atoms with Crippen LogP contribution in [0.3, 0.4) is 0 Å². The van der Waals surface area contributed by atoms with Gasteiger partial charge in [0.1, 0.15) is 0 Å². The van der Waals surface area contributed by atoms with Gasteiger partial charge in [0.05, 0.1) is 0 Å². The number of fused-ring (bicyclic) bond motifs is 1. The molecule has 1 saturated carbocycles. The van der Waals surface area contributed by atoms with E-state index in [0.29, 0.717) is 5.54 Å². The minimum atomic E-state index is 0.496. The first-order chi connectivity index (χ1) is 7.31. The van der Waals surface area contributed by atoms with E-state index in [1.165, 1.54) is 25.1 Å². The Hall–Kier alpha value is -0.860. The number of hydrogen-bond acceptors (Lipinski definition) is 2. The number of benzene rings is 1. The van der Waals surface area contributed by atoms with E-state index in [0.717, 1.165) is 12.5 Å². The Labute approximate surface area is 91.3 Å². The lowest BCUT2D eigenvalue weighted by molar-refractivity contribution is 0.215. The van der Waals surface area contributed by atoms with E-state index in [1.54, 1.807) is 0 Å². The fraction of sp³-hybridized carbons (Fsp3) is 0.538. The van der Waals surface area contributed by atoms with E-state index in [9.17, 15) is 0 Å². The van der Waals surface area contributed by atoms with E-state index in [1.807, 2.05) is 0 Å². The highest BCUT2D eigenvalue weighted by Gasteiger charge is 2.59. The highest BCUT2D eigenvalue weighted by molar-refractivity contribution is 5.20. The lowest BCUT2D eigenvalue weighted by Crippen LogP contribution is -2.38. The highest BCUT2D eigenvalue weighted by atomic mass is 15.3. The van der Waals surface area contributed by atoms with Crippen molar-refractivity contribution in [2.24, 2.45) is 5.92 Å². The summed E-state index contributed by atoms with van der Waals surface area (Å²) in [5.74, 6) is 0.909. The predicted molar refractivity (Wildman–Crippen MR) is 61.6 cm³/mol. The molecule has 1 aliphatic heterocycles. The maximum absolute atomic E-state index is 3.49. The summed E-state index contributed by atoms with van der Waals surface area (Å²) in [4.78, 5) is 2.53. The Kier molecular flexibility index (Phi) is 2.08. The Morgan fingerprint density at radius 1 is 1.40 bits per heavy atom. The summed E-state index contributed by atoms with van der Waals surface area (Å²) in [6, 6.07) is 10.8. The molecule has 1 aliphatic carbocycles. The summed E-state index contributed by atoms with van der Waals surface area (Å²) in [6.45, 7) is 3.49. The molecule has 1 aromatic rings. The summed E-state index contributed by atoms with van der Waals surface area (Å²) in [6.07, 6.45) is 1.39.